The SMILES string of the molecule is CCCCN1C[C@@]23C=C[C@@H](O2)[C@H](C(=O)OCCC)[C@H]3C1=O. The van der Waals surface area contributed by atoms with Crippen LogP contribution in [0.2, 0.25) is 0 Å². The van der Waals surface area contributed by atoms with Crippen molar-refractivity contribution in [3.05, 3.63) is 12.2 Å². The van der Waals surface area contributed by atoms with Crippen molar-refractivity contribution in [2.24, 2.45) is 11.8 Å². The van der Waals surface area contributed by atoms with Crippen LogP contribution in [0.3, 0.4) is 0 Å². The molecule has 3 aliphatic heterocycles. The maximum Gasteiger partial charge on any atom is 0.312 e. The fourth-order valence-corrected chi connectivity index (χ4v) is 3.68. The van der Waals surface area contributed by atoms with Gasteiger partial charge in [0.2, 0.25) is 5.91 Å². The summed E-state index contributed by atoms with van der Waals surface area (Å²) in [5.41, 5.74) is -0.592. The average Bonchev–Trinajstić information content (AvgIpc) is 3.11. The molecule has 116 valence electrons. The zero-order valence-corrected chi connectivity index (χ0v) is 12.7. The lowest BCUT2D eigenvalue weighted by Gasteiger charge is -2.22. The Labute approximate surface area is 125 Å². The first kappa shape index (κ1) is 14.6. The summed E-state index contributed by atoms with van der Waals surface area (Å²) in [5, 5.41) is 0. The molecule has 0 aromatic rings. The monoisotopic (exact) mass is 293 g/mol. The van der Waals surface area contributed by atoms with Gasteiger partial charge in [-0.3, -0.25) is 9.59 Å². The number of likely N-dealkylation sites (tertiary alicyclic amines) is 1. The van der Waals surface area contributed by atoms with Crippen LogP contribution in [0.5, 0.6) is 0 Å². The third kappa shape index (κ3) is 2.18. The first-order valence-corrected chi connectivity index (χ1v) is 7.95. The van der Waals surface area contributed by atoms with Crippen molar-refractivity contribution < 1.29 is 19.1 Å². The number of amides is 1. The molecule has 5 nitrogen and oxygen atoms in total. The Kier molecular flexibility index (Phi) is 3.78. The van der Waals surface area contributed by atoms with E-state index < -0.39 is 17.4 Å². The molecule has 3 heterocycles. The molecular formula is C16H23NO4. The fraction of sp³-hybridized carbons (Fsp3) is 0.750. The van der Waals surface area contributed by atoms with E-state index in [1.165, 1.54) is 0 Å². The van der Waals surface area contributed by atoms with E-state index in [0.717, 1.165) is 25.8 Å². The van der Waals surface area contributed by atoms with Crippen molar-refractivity contribution in [1.29, 1.82) is 0 Å². The Morgan fingerprint density at radius 3 is 3.00 bits per heavy atom. The van der Waals surface area contributed by atoms with E-state index in [1.54, 1.807) is 0 Å². The number of carbonyl (C=O) groups is 2. The Morgan fingerprint density at radius 2 is 2.29 bits per heavy atom. The van der Waals surface area contributed by atoms with E-state index in [1.807, 2.05) is 24.0 Å². The maximum absolute atomic E-state index is 12.7. The van der Waals surface area contributed by atoms with Gasteiger partial charge in [-0.25, -0.2) is 0 Å². The van der Waals surface area contributed by atoms with Gasteiger partial charge in [0.05, 0.1) is 25.2 Å². The number of nitrogens with zero attached hydrogens (tertiary/aromatic N) is 1. The highest BCUT2D eigenvalue weighted by Crippen LogP contribution is 2.52. The maximum atomic E-state index is 12.7. The number of rotatable bonds is 6. The van der Waals surface area contributed by atoms with Gasteiger partial charge < -0.3 is 14.4 Å². The van der Waals surface area contributed by atoms with Gasteiger partial charge in [0.15, 0.2) is 0 Å². The van der Waals surface area contributed by atoms with Gasteiger partial charge in [-0.2, -0.15) is 0 Å². The molecule has 0 aromatic heterocycles. The molecule has 1 spiro atoms. The second kappa shape index (κ2) is 5.44. The van der Waals surface area contributed by atoms with Crippen LogP contribution in [-0.2, 0) is 19.1 Å². The molecular weight excluding hydrogens is 270 g/mol. The molecule has 0 unspecified atom stereocenters. The normalized spacial score (nSPS) is 36.4. The number of fused-ring (bicyclic) bond motifs is 1. The standard InChI is InChI=1S/C16H23NO4/c1-3-5-8-17-10-16-7-6-11(21-16)12(13(16)14(17)18)15(19)20-9-4-2/h6-7,11-13H,3-5,8-10H2,1-2H3/t11-,12+,13+,16-/m1/s1. The molecule has 2 saturated heterocycles. The number of esters is 1. The van der Waals surface area contributed by atoms with Gasteiger partial charge in [0.25, 0.3) is 0 Å². The molecule has 2 bridgehead atoms. The fourth-order valence-electron chi connectivity index (χ4n) is 3.68. The number of carbonyl (C=O) groups excluding carboxylic acids is 2. The summed E-state index contributed by atoms with van der Waals surface area (Å²) in [7, 11) is 0. The number of hydrogen-bond acceptors (Lipinski definition) is 4. The van der Waals surface area contributed by atoms with Crippen molar-refractivity contribution in [2.45, 2.75) is 44.8 Å². The van der Waals surface area contributed by atoms with Crippen LogP contribution in [0.4, 0.5) is 0 Å². The first-order chi connectivity index (χ1) is 10.1. The topological polar surface area (TPSA) is 55.8 Å². The Balaban J connectivity index is 1.78. The second-order valence-corrected chi connectivity index (χ2v) is 6.18. The van der Waals surface area contributed by atoms with Crippen LogP contribution < -0.4 is 0 Å². The molecule has 4 atom stereocenters. The molecule has 3 aliphatic rings. The summed E-state index contributed by atoms with van der Waals surface area (Å²) >= 11 is 0. The van der Waals surface area contributed by atoms with Crippen LogP contribution in [0, 0.1) is 11.8 Å². The molecule has 0 aliphatic carbocycles. The molecule has 3 rings (SSSR count). The van der Waals surface area contributed by atoms with Gasteiger partial charge in [0, 0.05) is 6.54 Å². The van der Waals surface area contributed by atoms with Gasteiger partial charge in [-0.05, 0) is 12.8 Å². The van der Waals surface area contributed by atoms with Gasteiger partial charge in [0.1, 0.15) is 11.5 Å². The van der Waals surface area contributed by atoms with Crippen molar-refractivity contribution in [1.82, 2.24) is 4.90 Å². The molecule has 5 heteroatoms. The molecule has 0 saturated carbocycles. The summed E-state index contributed by atoms with van der Waals surface area (Å²) < 4.78 is 11.3. The minimum Gasteiger partial charge on any atom is -0.465 e. The Bertz CT molecular complexity index is 475. The van der Waals surface area contributed by atoms with Crippen molar-refractivity contribution in [2.75, 3.05) is 19.7 Å². The second-order valence-electron chi connectivity index (χ2n) is 6.18. The van der Waals surface area contributed by atoms with Crippen LogP contribution in [0.25, 0.3) is 0 Å². The van der Waals surface area contributed by atoms with Crippen LogP contribution in [-0.4, -0.2) is 48.2 Å². The highest BCUT2D eigenvalue weighted by Gasteiger charge is 2.67. The van der Waals surface area contributed by atoms with Crippen molar-refractivity contribution >= 4 is 11.9 Å². The lowest BCUT2D eigenvalue weighted by Crippen LogP contribution is -2.40. The lowest BCUT2D eigenvalue weighted by molar-refractivity contribution is -0.153. The molecule has 21 heavy (non-hydrogen) atoms. The van der Waals surface area contributed by atoms with Crippen molar-refractivity contribution in [3.63, 3.8) is 0 Å². The zero-order chi connectivity index (χ0) is 15.0. The molecule has 1 amide bonds. The predicted molar refractivity (Wildman–Crippen MR) is 76.5 cm³/mol. The van der Waals surface area contributed by atoms with E-state index in [-0.39, 0.29) is 18.0 Å². The highest BCUT2D eigenvalue weighted by atomic mass is 16.6. The summed E-state index contributed by atoms with van der Waals surface area (Å²) in [6, 6.07) is 0. The first-order valence-electron chi connectivity index (χ1n) is 7.95. The minimum atomic E-state index is -0.592. The molecule has 2 fully saturated rings. The molecule has 0 aromatic carbocycles. The summed E-state index contributed by atoms with van der Waals surface area (Å²) in [6.07, 6.45) is 6.42. The summed E-state index contributed by atoms with van der Waals surface area (Å²) in [5.74, 6) is -1.10. The van der Waals surface area contributed by atoms with Gasteiger partial charge in [-0.15, -0.1) is 0 Å². The van der Waals surface area contributed by atoms with E-state index in [0.29, 0.717) is 13.2 Å². The largest absolute Gasteiger partial charge is 0.465 e. The smallest absolute Gasteiger partial charge is 0.312 e. The third-order valence-electron chi connectivity index (χ3n) is 4.68. The zero-order valence-electron chi connectivity index (χ0n) is 12.7. The molecule has 0 radical (unpaired) electrons. The molecule has 0 N–H and O–H groups in total. The minimum absolute atomic E-state index is 0.0498. The van der Waals surface area contributed by atoms with E-state index in [2.05, 4.69) is 6.92 Å². The quantitative estimate of drug-likeness (QED) is 0.550. The van der Waals surface area contributed by atoms with Crippen LogP contribution in [0.15, 0.2) is 12.2 Å². The number of unbranched alkanes of at least 4 members (excludes halogenated alkanes) is 1. The lowest BCUT2D eigenvalue weighted by atomic mass is 9.77. The van der Waals surface area contributed by atoms with Crippen molar-refractivity contribution in [3.8, 4) is 0 Å². The number of ether oxygens (including phenoxy) is 2. The number of hydrogen-bond donors (Lipinski definition) is 0. The van der Waals surface area contributed by atoms with Gasteiger partial charge >= 0.3 is 5.97 Å². The van der Waals surface area contributed by atoms with Crippen LogP contribution in [0.1, 0.15) is 33.1 Å². The highest BCUT2D eigenvalue weighted by molar-refractivity contribution is 5.91. The Morgan fingerprint density at radius 1 is 1.48 bits per heavy atom. The average molecular weight is 293 g/mol. The van der Waals surface area contributed by atoms with E-state index in [9.17, 15) is 9.59 Å². The predicted octanol–water partition coefficient (Wildman–Crippen LogP) is 1.52. The van der Waals surface area contributed by atoms with E-state index in [4.69, 9.17) is 9.47 Å². The summed E-state index contributed by atoms with van der Waals surface area (Å²) in [6.45, 7) is 5.78. The van der Waals surface area contributed by atoms with Crippen LogP contribution >= 0.6 is 0 Å². The summed E-state index contributed by atoms with van der Waals surface area (Å²) in [4.78, 5) is 26.8. The Hall–Kier alpha value is -1.36. The third-order valence-corrected chi connectivity index (χ3v) is 4.68. The van der Waals surface area contributed by atoms with Gasteiger partial charge in [-0.1, -0.05) is 32.4 Å². The van der Waals surface area contributed by atoms with E-state index >= 15 is 0 Å².